The minimum absolute atomic E-state index is 0.0926. The molecule has 0 aromatic heterocycles. The lowest BCUT2D eigenvalue weighted by Gasteiger charge is -2.13. The lowest BCUT2D eigenvalue weighted by molar-refractivity contribution is 0.247. The highest BCUT2D eigenvalue weighted by molar-refractivity contribution is 7.92. The van der Waals surface area contributed by atoms with Crippen LogP contribution in [-0.4, -0.2) is 30.0 Å². The molecule has 0 bridgehead atoms. The van der Waals surface area contributed by atoms with Crippen molar-refractivity contribution >= 4 is 19.7 Å². The first kappa shape index (κ1) is 35.3. The van der Waals surface area contributed by atoms with Gasteiger partial charge in [-0.25, -0.2) is 16.8 Å². The van der Waals surface area contributed by atoms with Crippen LogP contribution in [0.25, 0.3) is 0 Å². The Balaban J connectivity index is 0.987. The van der Waals surface area contributed by atoms with Crippen molar-refractivity contribution in [2.24, 2.45) is 0 Å². The predicted molar refractivity (Wildman–Crippen MR) is 194 cm³/mol. The third-order valence-corrected chi connectivity index (χ3v) is 11.5. The number of sulfone groups is 2. The molecule has 6 aromatic rings. The normalized spacial score (nSPS) is 11.5. The Kier molecular flexibility index (Phi) is 11.3. The Labute approximate surface area is 298 Å². The van der Waals surface area contributed by atoms with Gasteiger partial charge in [-0.15, -0.1) is 0 Å². The molecule has 260 valence electrons. The quantitative estimate of drug-likeness (QED) is 0.0919. The standard InChI is InChI=1S/C41H36O8S2/c42-50(43,40-18-9-7-16-38(40)48-30-32-12-3-1-4-13-32)36-24-20-34(21-25-36)46-28-11-29-47-35-22-26-37(27-23-35)51(44,45)41-19-10-8-17-39(41)49-31-33-14-5-2-6-15-33/h1-10,12-27H,11,28-31H2. The molecule has 0 aliphatic carbocycles. The lowest BCUT2D eigenvalue weighted by Crippen LogP contribution is -2.07. The first-order chi connectivity index (χ1) is 24.8. The maximum absolute atomic E-state index is 13.5. The largest absolute Gasteiger partial charge is 0.493 e. The highest BCUT2D eigenvalue weighted by atomic mass is 32.2. The average Bonchev–Trinajstić information content (AvgIpc) is 3.17. The molecule has 6 rings (SSSR count). The van der Waals surface area contributed by atoms with Crippen LogP contribution in [0.5, 0.6) is 23.0 Å². The number of benzene rings is 6. The first-order valence-electron chi connectivity index (χ1n) is 16.3. The monoisotopic (exact) mass is 720 g/mol. The van der Waals surface area contributed by atoms with Crippen LogP contribution < -0.4 is 18.9 Å². The molecule has 8 nitrogen and oxygen atoms in total. The van der Waals surface area contributed by atoms with E-state index in [0.717, 1.165) is 11.1 Å². The second-order valence-corrected chi connectivity index (χ2v) is 15.3. The van der Waals surface area contributed by atoms with Crippen molar-refractivity contribution in [3.63, 3.8) is 0 Å². The molecule has 0 saturated heterocycles. The number of ether oxygens (including phenoxy) is 4. The molecule has 10 heteroatoms. The summed E-state index contributed by atoms with van der Waals surface area (Å²) in [5, 5.41) is 0. The van der Waals surface area contributed by atoms with E-state index in [-0.39, 0.29) is 44.3 Å². The van der Waals surface area contributed by atoms with Gasteiger partial charge in [-0.1, -0.05) is 84.9 Å². The molecule has 6 aromatic carbocycles. The van der Waals surface area contributed by atoms with Crippen molar-refractivity contribution in [1.29, 1.82) is 0 Å². The van der Waals surface area contributed by atoms with Crippen molar-refractivity contribution in [3.8, 4) is 23.0 Å². The minimum atomic E-state index is -3.84. The Morgan fingerprint density at radius 1 is 0.373 bits per heavy atom. The third-order valence-electron chi connectivity index (χ3n) is 7.85. The van der Waals surface area contributed by atoms with E-state index in [1.54, 1.807) is 60.7 Å². The molecular formula is C41H36O8S2. The smallest absolute Gasteiger partial charge is 0.210 e. The van der Waals surface area contributed by atoms with Crippen molar-refractivity contribution in [2.75, 3.05) is 13.2 Å². The van der Waals surface area contributed by atoms with Gasteiger partial charge in [0.25, 0.3) is 0 Å². The highest BCUT2D eigenvalue weighted by Gasteiger charge is 2.23. The lowest BCUT2D eigenvalue weighted by atomic mass is 10.2. The van der Waals surface area contributed by atoms with Crippen LogP contribution in [0.3, 0.4) is 0 Å². The van der Waals surface area contributed by atoms with E-state index in [2.05, 4.69) is 0 Å². The highest BCUT2D eigenvalue weighted by Crippen LogP contribution is 2.32. The average molecular weight is 721 g/mol. The van der Waals surface area contributed by atoms with E-state index in [9.17, 15) is 16.8 Å². The summed E-state index contributed by atoms with van der Waals surface area (Å²) in [5.74, 6) is 1.61. The van der Waals surface area contributed by atoms with Gasteiger partial charge in [0.05, 0.1) is 23.0 Å². The van der Waals surface area contributed by atoms with Crippen LogP contribution in [0, 0.1) is 0 Å². The van der Waals surface area contributed by atoms with Crippen molar-refractivity contribution in [2.45, 2.75) is 39.2 Å². The molecule has 0 saturated carbocycles. The molecule has 0 heterocycles. The second kappa shape index (κ2) is 16.4. The summed E-state index contributed by atoms with van der Waals surface area (Å²) >= 11 is 0. The zero-order valence-corrected chi connectivity index (χ0v) is 29.3. The van der Waals surface area contributed by atoms with Crippen LogP contribution in [0.1, 0.15) is 17.5 Å². The predicted octanol–water partition coefficient (Wildman–Crippen LogP) is 8.36. The zero-order valence-electron chi connectivity index (χ0n) is 27.6. The summed E-state index contributed by atoms with van der Waals surface area (Å²) in [6.07, 6.45) is 0.540. The minimum Gasteiger partial charge on any atom is -0.493 e. The molecular weight excluding hydrogens is 685 g/mol. The van der Waals surface area contributed by atoms with E-state index in [1.807, 2.05) is 60.7 Å². The van der Waals surface area contributed by atoms with Gasteiger partial charge in [0.2, 0.25) is 19.7 Å². The van der Waals surface area contributed by atoms with Crippen LogP contribution in [0.2, 0.25) is 0 Å². The van der Waals surface area contributed by atoms with Crippen LogP contribution in [0.4, 0.5) is 0 Å². The molecule has 0 N–H and O–H groups in total. The van der Waals surface area contributed by atoms with E-state index in [1.165, 1.54) is 36.4 Å². The first-order valence-corrected chi connectivity index (χ1v) is 19.2. The maximum Gasteiger partial charge on any atom is 0.210 e. The fourth-order valence-corrected chi connectivity index (χ4v) is 7.97. The summed E-state index contributed by atoms with van der Waals surface area (Å²) in [6, 6.07) is 44.8. The van der Waals surface area contributed by atoms with Gasteiger partial charge in [-0.2, -0.15) is 0 Å². The zero-order chi connectivity index (χ0) is 35.5. The van der Waals surface area contributed by atoms with Crippen molar-refractivity contribution < 1.29 is 35.8 Å². The van der Waals surface area contributed by atoms with Gasteiger partial charge in [0.15, 0.2) is 0 Å². The summed E-state index contributed by atoms with van der Waals surface area (Å²) in [5.41, 5.74) is 1.87. The molecule has 0 atom stereocenters. The third kappa shape index (κ3) is 8.97. The molecule has 0 radical (unpaired) electrons. The Hall–Kier alpha value is -5.58. The van der Waals surface area contributed by atoms with Gasteiger partial charge in [-0.05, 0) is 83.9 Å². The van der Waals surface area contributed by atoms with Crippen LogP contribution >= 0.6 is 0 Å². The molecule has 0 amide bonds. The molecule has 51 heavy (non-hydrogen) atoms. The number of hydrogen-bond donors (Lipinski definition) is 0. The Morgan fingerprint density at radius 3 is 1.12 bits per heavy atom. The molecule has 0 unspecified atom stereocenters. The number of hydrogen-bond acceptors (Lipinski definition) is 8. The van der Waals surface area contributed by atoms with Gasteiger partial charge in [0, 0.05) is 6.42 Å². The molecule has 0 fully saturated rings. The van der Waals surface area contributed by atoms with Crippen LogP contribution in [-0.2, 0) is 32.9 Å². The molecule has 0 aliphatic rings. The number of para-hydroxylation sites is 2. The van der Waals surface area contributed by atoms with E-state index < -0.39 is 19.7 Å². The molecule has 0 aliphatic heterocycles. The fourth-order valence-electron chi connectivity index (χ4n) is 5.18. The van der Waals surface area contributed by atoms with Gasteiger partial charge >= 0.3 is 0 Å². The second-order valence-electron chi connectivity index (χ2n) is 11.4. The van der Waals surface area contributed by atoms with E-state index in [4.69, 9.17) is 18.9 Å². The Morgan fingerprint density at radius 2 is 0.725 bits per heavy atom. The van der Waals surface area contributed by atoms with Gasteiger partial charge in [0.1, 0.15) is 46.0 Å². The van der Waals surface area contributed by atoms with Crippen molar-refractivity contribution in [3.05, 3.63) is 169 Å². The summed E-state index contributed by atoms with van der Waals surface area (Å²) in [7, 11) is -7.68. The van der Waals surface area contributed by atoms with Gasteiger partial charge in [-0.3, -0.25) is 0 Å². The topological polar surface area (TPSA) is 105 Å². The summed E-state index contributed by atoms with van der Waals surface area (Å²) in [4.78, 5) is 0.440. The summed E-state index contributed by atoms with van der Waals surface area (Å²) in [6.45, 7) is 1.15. The maximum atomic E-state index is 13.5. The van der Waals surface area contributed by atoms with E-state index in [0.29, 0.717) is 31.1 Å². The van der Waals surface area contributed by atoms with Gasteiger partial charge < -0.3 is 18.9 Å². The Bertz CT molecular complexity index is 2080. The fraction of sp³-hybridized carbons (Fsp3) is 0.122. The summed E-state index contributed by atoms with van der Waals surface area (Å²) < 4.78 is 77.3. The SMILES string of the molecule is O=S(=O)(c1ccc(OCCCOc2ccc(S(=O)(=O)c3ccccc3OCc3ccccc3)cc2)cc1)c1ccccc1OCc1ccccc1. The number of rotatable bonds is 16. The van der Waals surface area contributed by atoms with E-state index >= 15 is 0 Å². The van der Waals surface area contributed by atoms with Crippen LogP contribution in [0.15, 0.2) is 177 Å². The van der Waals surface area contributed by atoms with Crippen molar-refractivity contribution in [1.82, 2.24) is 0 Å². The molecule has 0 spiro atoms.